The first-order chi connectivity index (χ1) is 20.5. The normalized spacial score (nSPS) is 14.9. The molecule has 0 aliphatic heterocycles. The molecule has 0 radical (unpaired) electrons. The van der Waals surface area contributed by atoms with Gasteiger partial charge in [0.15, 0.2) is 24.8 Å². The third kappa shape index (κ3) is 16.5. The molecule has 4 nitrogen and oxygen atoms in total. The van der Waals surface area contributed by atoms with Gasteiger partial charge in [0.25, 0.3) is 0 Å². The van der Waals surface area contributed by atoms with Crippen LogP contribution in [0.15, 0.2) is 97.6 Å². The number of aryl methyl sites for hydroxylation is 2. The Kier molecular flexibility index (Phi) is 9.57. The van der Waals surface area contributed by atoms with Crippen molar-refractivity contribution in [3.8, 4) is 34.4 Å². The van der Waals surface area contributed by atoms with E-state index in [4.69, 9.17) is 0 Å². The SMILES string of the molecule is C[n+]1ccc(-c2ccc(C(C#N)=C(C#N)c3ccc(-c4cc[n+](C)cc4)cc3)cc2)cc1.F[P-](F)(F)(F)(F)F.F[P-](F)(F)(F)(F)F. The zero-order valence-electron chi connectivity index (χ0n) is 23.5. The Labute approximate surface area is 254 Å². The summed E-state index contributed by atoms with van der Waals surface area (Å²) in [4.78, 5) is 0. The van der Waals surface area contributed by atoms with Crippen LogP contribution in [0, 0.1) is 22.7 Å². The molecule has 2 heterocycles. The number of pyridine rings is 2. The standard InChI is InChI=1S/C28H22N4.2F6P/c1-31-15-11-23(12-16-31)21-3-7-25(8-4-21)27(19-29)28(20-30)26-9-5-22(6-10-26)24-13-17-32(2)18-14-24;2*1-7(2,3,4,5)6/h3-18H,1-2H3;;/q+2;2*-1. The van der Waals surface area contributed by atoms with Gasteiger partial charge in [-0.3, -0.25) is 0 Å². The zero-order valence-corrected chi connectivity index (χ0v) is 25.2. The number of halogens is 12. The van der Waals surface area contributed by atoms with Crippen molar-refractivity contribution in [2.45, 2.75) is 0 Å². The van der Waals surface area contributed by atoms with Crippen LogP contribution in [-0.2, 0) is 14.1 Å². The fraction of sp³-hybridized carbons (Fsp3) is 0.0714. The van der Waals surface area contributed by atoms with Gasteiger partial charge in [0.1, 0.15) is 26.2 Å². The first-order valence-corrected chi connectivity index (χ1v) is 16.3. The van der Waals surface area contributed by atoms with Crippen molar-refractivity contribution < 1.29 is 59.5 Å². The van der Waals surface area contributed by atoms with Crippen LogP contribution in [-0.4, -0.2) is 0 Å². The predicted molar refractivity (Wildman–Crippen MR) is 151 cm³/mol. The molecule has 4 rings (SSSR count). The van der Waals surface area contributed by atoms with Crippen LogP contribution in [0.5, 0.6) is 0 Å². The zero-order chi connectivity index (χ0) is 35.3. The van der Waals surface area contributed by atoms with Gasteiger partial charge in [-0.2, -0.15) is 10.5 Å². The van der Waals surface area contributed by atoms with Crippen molar-refractivity contribution in [3.63, 3.8) is 0 Å². The Hall–Kier alpha value is -4.52. The summed E-state index contributed by atoms with van der Waals surface area (Å²) in [5.74, 6) is 0. The summed E-state index contributed by atoms with van der Waals surface area (Å²) in [7, 11) is -17.4. The first kappa shape index (κ1) is 37.7. The van der Waals surface area contributed by atoms with Gasteiger partial charge in [-0.15, -0.1) is 0 Å². The molecule has 0 aliphatic rings. The molecule has 4 aromatic rings. The summed E-state index contributed by atoms with van der Waals surface area (Å²) in [6.07, 6.45) is 7.99. The molecule has 0 aliphatic carbocycles. The van der Waals surface area contributed by atoms with Crippen LogP contribution in [0.4, 0.5) is 50.4 Å². The van der Waals surface area contributed by atoms with Crippen molar-refractivity contribution in [2.75, 3.05) is 0 Å². The van der Waals surface area contributed by atoms with Gasteiger partial charge in [0.2, 0.25) is 0 Å². The maximum atomic E-state index is 9.87. The van der Waals surface area contributed by atoms with E-state index < -0.39 is 15.6 Å². The van der Waals surface area contributed by atoms with Crippen LogP contribution in [0.1, 0.15) is 11.1 Å². The van der Waals surface area contributed by atoms with E-state index >= 15 is 0 Å². The Bertz CT molecular complexity index is 1650. The monoisotopic (exact) mass is 704 g/mol. The average molecular weight is 704 g/mol. The predicted octanol–water partition coefficient (Wildman–Crippen LogP) is 11.4. The Balaban J connectivity index is 0.000000440. The molecule has 2 aromatic heterocycles. The van der Waals surface area contributed by atoms with E-state index in [-0.39, 0.29) is 0 Å². The van der Waals surface area contributed by atoms with Gasteiger partial charge < -0.3 is 0 Å². The van der Waals surface area contributed by atoms with E-state index in [1.165, 1.54) is 0 Å². The van der Waals surface area contributed by atoms with E-state index in [0.29, 0.717) is 11.1 Å². The molecular weight excluding hydrogens is 682 g/mol. The van der Waals surface area contributed by atoms with Gasteiger partial charge in [0.05, 0.1) is 11.1 Å². The quantitative estimate of drug-likeness (QED) is 0.0698. The van der Waals surface area contributed by atoms with Crippen molar-refractivity contribution in [1.29, 1.82) is 10.5 Å². The number of nitrogens with zero attached hydrogens (tertiary/aromatic N) is 4. The van der Waals surface area contributed by atoms with Crippen LogP contribution in [0.2, 0.25) is 0 Å². The minimum absolute atomic E-state index is 0.373. The van der Waals surface area contributed by atoms with E-state index in [9.17, 15) is 60.9 Å². The third-order valence-electron chi connectivity index (χ3n) is 5.44. The topological polar surface area (TPSA) is 55.3 Å². The number of aromatic nitrogens is 2. The van der Waals surface area contributed by atoms with Gasteiger partial charge in [-0.25, -0.2) is 9.13 Å². The molecule has 248 valence electrons. The van der Waals surface area contributed by atoms with E-state index in [1.54, 1.807) is 0 Å². The molecule has 0 unspecified atom stereocenters. The molecule has 2 aromatic carbocycles. The second kappa shape index (κ2) is 11.7. The van der Waals surface area contributed by atoms with Crippen LogP contribution in [0.3, 0.4) is 0 Å². The maximum absolute atomic E-state index is 10.7. The number of rotatable bonds is 4. The molecule has 0 saturated carbocycles. The second-order valence-corrected chi connectivity index (χ2v) is 13.4. The van der Waals surface area contributed by atoms with E-state index in [0.717, 1.165) is 33.4 Å². The van der Waals surface area contributed by atoms with Crippen LogP contribution in [0.25, 0.3) is 33.4 Å². The molecule has 0 atom stereocenters. The molecule has 0 bridgehead atoms. The summed E-state index contributed by atoms with van der Waals surface area (Å²) < 4.78 is 122. The van der Waals surface area contributed by atoms with Gasteiger partial charge in [0, 0.05) is 24.3 Å². The minimum atomic E-state index is -10.7. The number of hydrogen-bond acceptors (Lipinski definition) is 2. The molecule has 0 N–H and O–H groups in total. The molecule has 46 heavy (non-hydrogen) atoms. The Morgan fingerprint density at radius 3 is 0.826 bits per heavy atom. The summed E-state index contributed by atoms with van der Waals surface area (Å²) in [6.45, 7) is 0. The molecule has 0 spiro atoms. The Morgan fingerprint density at radius 1 is 0.435 bits per heavy atom. The average Bonchev–Trinajstić information content (AvgIpc) is 2.89. The van der Waals surface area contributed by atoms with E-state index in [2.05, 4.69) is 12.1 Å². The van der Waals surface area contributed by atoms with Gasteiger partial charge in [-0.05, 0) is 33.4 Å². The summed E-state index contributed by atoms with van der Waals surface area (Å²) in [5, 5.41) is 19.7. The van der Waals surface area contributed by atoms with E-state index in [1.807, 2.05) is 121 Å². The third-order valence-corrected chi connectivity index (χ3v) is 5.44. The van der Waals surface area contributed by atoms with Crippen LogP contribution >= 0.6 is 15.6 Å². The van der Waals surface area contributed by atoms with Crippen LogP contribution < -0.4 is 9.13 Å². The number of hydrogen-bond donors (Lipinski definition) is 0. The fourth-order valence-corrected chi connectivity index (χ4v) is 3.58. The molecule has 0 fully saturated rings. The summed E-state index contributed by atoms with van der Waals surface area (Å²) >= 11 is 0. The van der Waals surface area contributed by atoms with Crippen molar-refractivity contribution in [3.05, 3.63) is 109 Å². The number of nitriles is 2. The van der Waals surface area contributed by atoms with Gasteiger partial charge in [-0.1, -0.05) is 48.5 Å². The Morgan fingerprint density at radius 2 is 0.630 bits per heavy atom. The molecular formula is C28H22F12N4P2. The van der Waals surface area contributed by atoms with Gasteiger partial charge >= 0.3 is 66.0 Å². The van der Waals surface area contributed by atoms with Crippen molar-refractivity contribution in [1.82, 2.24) is 0 Å². The number of benzene rings is 2. The molecule has 18 heteroatoms. The van der Waals surface area contributed by atoms with Crippen molar-refractivity contribution in [2.24, 2.45) is 14.1 Å². The fourth-order valence-electron chi connectivity index (χ4n) is 3.58. The molecule has 0 amide bonds. The molecule has 0 saturated heterocycles. The summed E-state index contributed by atoms with van der Waals surface area (Å²) in [5.41, 5.74) is 6.53. The van der Waals surface area contributed by atoms with Crippen molar-refractivity contribution >= 4 is 26.8 Å². The second-order valence-electron chi connectivity index (χ2n) is 9.55. The number of allylic oxidation sites excluding steroid dienone is 2. The first-order valence-electron chi connectivity index (χ1n) is 12.3. The summed E-state index contributed by atoms with van der Waals surface area (Å²) in [6, 6.07) is 28.2.